The molecule has 1 heterocycles. The molecule has 1 aliphatic rings. The van der Waals surface area contributed by atoms with E-state index in [1.807, 2.05) is 6.92 Å². The fraction of sp³-hybridized carbons (Fsp3) is 0.765. The smallest absolute Gasteiger partial charge is 0.209 e. The summed E-state index contributed by atoms with van der Waals surface area (Å²) in [5, 5.41) is 11.0. The maximum Gasteiger partial charge on any atom is 0.209 e. The van der Waals surface area contributed by atoms with Gasteiger partial charge < -0.3 is 9.90 Å². The number of aliphatic carboxylic acids is 1. The third-order valence-corrected chi connectivity index (χ3v) is 4.41. The number of carboxylic acid groups (broad SMARTS) is 1. The fourth-order valence-corrected chi connectivity index (χ4v) is 2.99. The third-order valence-electron chi connectivity index (χ3n) is 4.41. The molecule has 5 nitrogen and oxygen atoms in total. The van der Waals surface area contributed by atoms with Crippen molar-refractivity contribution in [1.29, 1.82) is 0 Å². The summed E-state index contributed by atoms with van der Waals surface area (Å²) in [4.78, 5) is 15.4. The SMILES string of the molecule is CCCCCCCCCCC1=NC=C[N+]1(CC(=O)[O-])C(C)N. The predicted octanol–water partition coefficient (Wildman–Crippen LogP) is 2.27. The maximum atomic E-state index is 11.0. The number of hydrogen-bond acceptors (Lipinski definition) is 4. The van der Waals surface area contributed by atoms with Gasteiger partial charge in [-0.1, -0.05) is 51.9 Å². The highest BCUT2D eigenvalue weighted by Crippen LogP contribution is 2.23. The van der Waals surface area contributed by atoms with E-state index >= 15 is 0 Å². The van der Waals surface area contributed by atoms with Crippen LogP contribution < -0.4 is 10.8 Å². The van der Waals surface area contributed by atoms with Crippen LogP contribution in [-0.4, -0.2) is 29.0 Å². The monoisotopic (exact) mass is 309 g/mol. The highest BCUT2D eigenvalue weighted by atomic mass is 16.4. The Labute approximate surface area is 134 Å². The lowest BCUT2D eigenvalue weighted by Gasteiger charge is -2.36. The molecule has 0 saturated carbocycles. The van der Waals surface area contributed by atoms with E-state index in [1.165, 1.54) is 38.5 Å². The van der Waals surface area contributed by atoms with E-state index in [4.69, 9.17) is 5.73 Å². The number of carbonyl (C=O) groups is 1. The summed E-state index contributed by atoms with van der Waals surface area (Å²) in [7, 11) is 0. The molecule has 126 valence electrons. The zero-order valence-electron chi connectivity index (χ0n) is 14.1. The second-order valence-corrected chi connectivity index (χ2v) is 6.27. The van der Waals surface area contributed by atoms with Gasteiger partial charge in [0.05, 0.1) is 12.2 Å². The normalized spacial score (nSPS) is 21.9. The summed E-state index contributed by atoms with van der Waals surface area (Å²) in [6, 6.07) is 0. The van der Waals surface area contributed by atoms with Crippen molar-refractivity contribution < 1.29 is 14.4 Å². The molecule has 0 spiro atoms. The molecule has 0 amide bonds. The number of rotatable bonds is 12. The Morgan fingerprint density at radius 2 is 1.82 bits per heavy atom. The van der Waals surface area contributed by atoms with Gasteiger partial charge in [-0.25, -0.2) is 9.48 Å². The summed E-state index contributed by atoms with van der Waals surface area (Å²) in [6.45, 7) is 3.91. The van der Waals surface area contributed by atoms with Crippen LogP contribution in [0.5, 0.6) is 0 Å². The summed E-state index contributed by atoms with van der Waals surface area (Å²) >= 11 is 0. The maximum absolute atomic E-state index is 11.0. The van der Waals surface area contributed by atoms with Gasteiger partial charge in [0.15, 0.2) is 0 Å². The molecular formula is C17H31N3O2. The molecule has 0 saturated heterocycles. The van der Waals surface area contributed by atoms with Crippen molar-refractivity contribution in [2.24, 2.45) is 10.7 Å². The van der Waals surface area contributed by atoms with Crippen molar-refractivity contribution >= 4 is 11.8 Å². The van der Waals surface area contributed by atoms with Gasteiger partial charge in [-0.15, -0.1) is 0 Å². The first-order chi connectivity index (χ1) is 10.5. The van der Waals surface area contributed by atoms with Crippen LogP contribution in [0.3, 0.4) is 0 Å². The first kappa shape index (κ1) is 18.8. The first-order valence-corrected chi connectivity index (χ1v) is 8.60. The van der Waals surface area contributed by atoms with E-state index in [-0.39, 0.29) is 17.2 Å². The van der Waals surface area contributed by atoms with Crippen molar-refractivity contribution in [1.82, 2.24) is 0 Å². The standard InChI is InChI=1S/C17H31N3O2/c1-3-4-5-6-7-8-9-10-11-16-19-12-13-20(16,15(2)18)14-17(21)22/h12-13,15H,3-11,14,18H2,1-2H3. The van der Waals surface area contributed by atoms with Crippen molar-refractivity contribution in [2.45, 2.75) is 77.8 Å². The topological polar surface area (TPSA) is 78.5 Å². The zero-order chi connectivity index (χ0) is 16.4. The van der Waals surface area contributed by atoms with Crippen molar-refractivity contribution in [3.8, 4) is 0 Å². The Bertz CT molecular complexity index is 405. The molecule has 0 aromatic carbocycles. The van der Waals surface area contributed by atoms with Crippen LogP contribution in [-0.2, 0) is 4.79 Å². The highest BCUT2D eigenvalue weighted by Gasteiger charge is 2.38. The average Bonchev–Trinajstić information content (AvgIpc) is 2.85. The van der Waals surface area contributed by atoms with Crippen LogP contribution in [0.2, 0.25) is 0 Å². The van der Waals surface area contributed by atoms with Crippen LogP contribution >= 0.6 is 0 Å². The summed E-state index contributed by atoms with van der Waals surface area (Å²) in [5.74, 6) is -0.238. The minimum Gasteiger partial charge on any atom is -0.544 e. The molecule has 2 unspecified atom stereocenters. The number of aliphatic imine (C=N–C) groups is 1. The molecular weight excluding hydrogens is 278 g/mol. The second kappa shape index (κ2) is 9.74. The molecule has 0 bridgehead atoms. The Morgan fingerprint density at radius 3 is 2.36 bits per heavy atom. The number of nitrogens with two attached hydrogens (primary N) is 1. The number of unbranched alkanes of at least 4 members (excludes halogenated alkanes) is 7. The molecule has 5 heteroatoms. The molecule has 2 atom stereocenters. The number of quaternary nitrogens is 1. The Morgan fingerprint density at radius 1 is 1.23 bits per heavy atom. The zero-order valence-corrected chi connectivity index (χ0v) is 14.1. The fourth-order valence-electron chi connectivity index (χ4n) is 2.99. The van der Waals surface area contributed by atoms with Crippen LogP contribution in [0.15, 0.2) is 17.4 Å². The molecule has 22 heavy (non-hydrogen) atoms. The molecule has 0 radical (unpaired) electrons. The predicted molar refractivity (Wildman–Crippen MR) is 87.6 cm³/mol. The molecule has 1 rings (SSSR count). The van der Waals surface area contributed by atoms with Crippen LogP contribution in [0.4, 0.5) is 0 Å². The highest BCUT2D eigenvalue weighted by molar-refractivity contribution is 5.81. The molecule has 0 fully saturated rings. The summed E-state index contributed by atoms with van der Waals surface area (Å²) in [5.41, 5.74) is 6.02. The van der Waals surface area contributed by atoms with E-state index in [9.17, 15) is 9.90 Å². The summed E-state index contributed by atoms with van der Waals surface area (Å²) < 4.78 is 0.110. The lowest BCUT2D eigenvalue weighted by atomic mass is 10.1. The third kappa shape index (κ3) is 5.54. The molecule has 0 aromatic rings. The number of amidine groups is 1. The molecule has 1 aliphatic heterocycles. The van der Waals surface area contributed by atoms with E-state index in [2.05, 4.69) is 11.9 Å². The van der Waals surface area contributed by atoms with Gasteiger partial charge in [0.25, 0.3) is 0 Å². The molecule has 0 aromatic heterocycles. The van der Waals surface area contributed by atoms with E-state index in [1.54, 1.807) is 12.4 Å². The van der Waals surface area contributed by atoms with Crippen molar-refractivity contribution in [2.75, 3.05) is 6.54 Å². The Hall–Kier alpha value is -1.20. The van der Waals surface area contributed by atoms with Crippen molar-refractivity contribution in [3.63, 3.8) is 0 Å². The second-order valence-electron chi connectivity index (χ2n) is 6.27. The van der Waals surface area contributed by atoms with Gasteiger partial charge in [0.2, 0.25) is 5.84 Å². The quantitative estimate of drug-likeness (QED) is 0.444. The van der Waals surface area contributed by atoms with Gasteiger partial charge in [0, 0.05) is 13.3 Å². The largest absolute Gasteiger partial charge is 0.544 e. The Balaban J connectivity index is 2.34. The lowest BCUT2D eigenvalue weighted by Crippen LogP contribution is -2.60. The number of carboxylic acids is 1. The minimum absolute atomic E-state index is 0.110. The van der Waals surface area contributed by atoms with Crippen molar-refractivity contribution in [3.05, 3.63) is 12.4 Å². The van der Waals surface area contributed by atoms with Gasteiger partial charge in [0.1, 0.15) is 18.9 Å². The number of nitrogens with zero attached hydrogens (tertiary/aromatic N) is 2. The Kier molecular flexibility index (Phi) is 8.35. The number of hydrogen-bond donors (Lipinski definition) is 1. The van der Waals surface area contributed by atoms with Crippen LogP contribution in [0, 0.1) is 0 Å². The van der Waals surface area contributed by atoms with E-state index in [0.29, 0.717) is 0 Å². The first-order valence-electron chi connectivity index (χ1n) is 8.60. The molecule has 2 N–H and O–H groups in total. The van der Waals surface area contributed by atoms with E-state index < -0.39 is 5.97 Å². The number of carbonyl (C=O) groups excluding carboxylic acids is 1. The van der Waals surface area contributed by atoms with Gasteiger partial charge in [-0.05, 0) is 6.42 Å². The van der Waals surface area contributed by atoms with Gasteiger partial charge >= 0.3 is 0 Å². The van der Waals surface area contributed by atoms with Crippen LogP contribution in [0.1, 0.15) is 71.6 Å². The summed E-state index contributed by atoms with van der Waals surface area (Å²) in [6.07, 6.45) is 13.9. The average molecular weight is 309 g/mol. The molecule has 0 aliphatic carbocycles. The van der Waals surface area contributed by atoms with Crippen LogP contribution in [0.25, 0.3) is 0 Å². The van der Waals surface area contributed by atoms with E-state index in [0.717, 1.165) is 25.1 Å². The van der Waals surface area contributed by atoms with Gasteiger partial charge in [-0.2, -0.15) is 0 Å². The lowest BCUT2D eigenvalue weighted by molar-refractivity contribution is -0.808. The minimum atomic E-state index is -1.09. The van der Waals surface area contributed by atoms with Gasteiger partial charge in [-0.3, -0.25) is 5.73 Å².